The Morgan fingerprint density at radius 2 is 2.05 bits per heavy atom. The Morgan fingerprint density at radius 1 is 1.30 bits per heavy atom. The van der Waals surface area contributed by atoms with E-state index in [0.717, 1.165) is 17.9 Å². The summed E-state index contributed by atoms with van der Waals surface area (Å²) in [6, 6.07) is 4.60. The van der Waals surface area contributed by atoms with Gasteiger partial charge in [0.25, 0.3) is 0 Å². The molecule has 1 nitrogen and oxygen atoms in total. The van der Waals surface area contributed by atoms with Gasteiger partial charge >= 0.3 is 0 Å². The zero-order valence-electron chi connectivity index (χ0n) is 12.4. The van der Waals surface area contributed by atoms with E-state index < -0.39 is 11.6 Å². The van der Waals surface area contributed by atoms with E-state index in [-0.39, 0.29) is 5.41 Å². The van der Waals surface area contributed by atoms with Gasteiger partial charge in [-0.3, -0.25) is 0 Å². The van der Waals surface area contributed by atoms with Gasteiger partial charge < -0.3 is 5.32 Å². The maximum atomic E-state index is 13.3. The van der Waals surface area contributed by atoms with Crippen LogP contribution in [0.3, 0.4) is 0 Å². The maximum absolute atomic E-state index is 13.3. The van der Waals surface area contributed by atoms with Crippen LogP contribution in [0.1, 0.15) is 40.0 Å². The molecular formula is C16H23F2NS. The molecule has 0 spiro atoms. The van der Waals surface area contributed by atoms with Crippen molar-refractivity contribution >= 4 is 11.8 Å². The fraction of sp³-hybridized carbons (Fsp3) is 0.625. The highest BCUT2D eigenvalue weighted by Gasteiger charge is 2.38. The molecule has 0 aromatic heterocycles. The van der Waals surface area contributed by atoms with Crippen LogP contribution >= 0.6 is 11.8 Å². The summed E-state index contributed by atoms with van der Waals surface area (Å²) in [5, 5.41) is 3.99. The second-order valence-corrected chi connectivity index (χ2v) is 7.46. The first kappa shape index (κ1) is 15.8. The molecule has 1 N–H and O–H groups in total. The number of thioether (sulfide) groups is 1. The third-order valence-electron chi connectivity index (χ3n) is 4.13. The smallest absolute Gasteiger partial charge is 0.159 e. The van der Waals surface area contributed by atoms with Gasteiger partial charge in [0.05, 0.1) is 0 Å². The number of nitrogens with one attached hydrogen (secondary N) is 1. The number of hydrogen-bond donors (Lipinski definition) is 1. The second kappa shape index (κ2) is 6.44. The molecule has 1 fully saturated rings. The maximum Gasteiger partial charge on any atom is 0.159 e. The molecule has 2 atom stereocenters. The predicted molar refractivity (Wildman–Crippen MR) is 81.1 cm³/mol. The van der Waals surface area contributed by atoms with Crippen LogP contribution < -0.4 is 5.32 Å². The van der Waals surface area contributed by atoms with Crippen molar-refractivity contribution in [3.63, 3.8) is 0 Å². The minimum Gasteiger partial charge on any atom is -0.313 e. The molecule has 1 aromatic rings. The third-order valence-corrected chi connectivity index (χ3v) is 5.46. The molecule has 0 bridgehead atoms. The average molecular weight is 299 g/mol. The molecule has 1 aliphatic carbocycles. The molecule has 2 unspecified atom stereocenters. The van der Waals surface area contributed by atoms with Crippen LogP contribution in [0.15, 0.2) is 23.1 Å². The Hall–Kier alpha value is -0.610. The van der Waals surface area contributed by atoms with E-state index in [1.165, 1.54) is 25.0 Å². The fourth-order valence-electron chi connectivity index (χ4n) is 3.06. The molecule has 0 amide bonds. The summed E-state index contributed by atoms with van der Waals surface area (Å²) in [5.74, 6) is -1.54. The van der Waals surface area contributed by atoms with Crippen LogP contribution in [0.2, 0.25) is 0 Å². The van der Waals surface area contributed by atoms with E-state index >= 15 is 0 Å². The van der Waals surface area contributed by atoms with Gasteiger partial charge in [-0.1, -0.05) is 27.2 Å². The molecule has 0 radical (unpaired) electrons. The molecule has 0 aliphatic heterocycles. The van der Waals surface area contributed by atoms with Crippen molar-refractivity contribution in [3.8, 4) is 0 Å². The van der Waals surface area contributed by atoms with Crippen molar-refractivity contribution in [3.05, 3.63) is 29.8 Å². The standard InChI is InChI=1S/C16H23F2NS/c1-4-19-15-14(6-5-9-16(15,2)3)20-11-7-8-12(17)13(18)10-11/h7-8,10,14-15,19H,4-6,9H2,1-3H3. The topological polar surface area (TPSA) is 12.0 Å². The highest BCUT2D eigenvalue weighted by atomic mass is 32.2. The molecule has 0 heterocycles. The lowest BCUT2D eigenvalue weighted by molar-refractivity contribution is 0.176. The number of halogens is 2. The van der Waals surface area contributed by atoms with Gasteiger partial charge in [0.15, 0.2) is 11.6 Å². The molecule has 112 valence electrons. The first-order valence-electron chi connectivity index (χ1n) is 7.29. The Balaban J connectivity index is 2.14. The lowest BCUT2D eigenvalue weighted by Gasteiger charge is -2.44. The van der Waals surface area contributed by atoms with E-state index in [9.17, 15) is 8.78 Å². The Kier molecular flexibility index (Phi) is 5.08. The number of hydrogen-bond acceptors (Lipinski definition) is 2. The quantitative estimate of drug-likeness (QED) is 0.871. The average Bonchev–Trinajstić information content (AvgIpc) is 2.38. The van der Waals surface area contributed by atoms with Crippen molar-refractivity contribution in [1.29, 1.82) is 0 Å². The first-order valence-corrected chi connectivity index (χ1v) is 8.17. The summed E-state index contributed by atoms with van der Waals surface area (Å²) in [7, 11) is 0. The molecule has 20 heavy (non-hydrogen) atoms. The first-order chi connectivity index (χ1) is 9.44. The molecular weight excluding hydrogens is 276 g/mol. The number of rotatable bonds is 4. The van der Waals surface area contributed by atoms with Crippen LogP contribution in [0, 0.1) is 17.0 Å². The monoisotopic (exact) mass is 299 g/mol. The highest BCUT2D eigenvalue weighted by molar-refractivity contribution is 8.00. The minimum atomic E-state index is -0.776. The van der Waals surface area contributed by atoms with Gasteiger partial charge in [-0.25, -0.2) is 8.78 Å². The summed E-state index contributed by atoms with van der Waals surface area (Å²) in [4.78, 5) is 0.814. The highest BCUT2D eigenvalue weighted by Crippen LogP contribution is 2.42. The normalized spacial score (nSPS) is 25.6. The van der Waals surface area contributed by atoms with Gasteiger partial charge in [-0.2, -0.15) is 0 Å². The fourth-order valence-corrected chi connectivity index (χ4v) is 4.62. The predicted octanol–water partition coefficient (Wildman–Crippen LogP) is 4.61. The van der Waals surface area contributed by atoms with Crippen LogP contribution in [-0.4, -0.2) is 17.8 Å². The zero-order chi connectivity index (χ0) is 14.8. The van der Waals surface area contributed by atoms with E-state index in [4.69, 9.17) is 0 Å². The van der Waals surface area contributed by atoms with Crippen LogP contribution in [0.25, 0.3) is 0 Å². The minimum absolute atomic E-state index is 0.241. The molecule has 1 aromatic carbocycles. The van der Waals surface area contributed by atoms with Crippen molar-refractivity contribution in [2.45, 2.75) is 56.2 Å². The second-order valence-electron chi connectivity index (χ2n) is 6.15. The van der Waals surface area contributed by atoms with Gasteiger partial charge in [-0.05, 0) is 43.0 Å². The van der Waals surface area contributed by atoms with Gasteiger partial charge in [-0.15, -0.1) is 11.8 Å². The molecule has 2 rings (SSSR count). The van der Waals surface area contributed by atoms with Crippen molar-refractivity contribution in [2.24, 2.45) is 5.41 Å². The lowest BCUT2D eigenvalue weighted by atomic mass is 9.73. The molecule has 1 saturated carbocycles. The van der Waals surface area contributed by atoms with Gasteiger partial charge in [0.2, 0.25) is 0 Å². The van der Waals surface area contributed by atoms with Crippen LogP contribution in [-0.2, 0) is 0 Å². The number of benzene rings is 1. The van der Waals surface area contributed by atoms with E-state index in [1.54, 1.807) is 17.8 Å². The van der Waals surface area contributed by atoms with Crippen molar-refractivity contribution in [1.82, 2.24) is 5.32 Å². The van der Waals surface area contributed by atoms with Crippen LogP contribution in [0.5, 0.6) is 0 Å². The SMILES string of the molecule is CCNC1C(Sc2ccc(F)c(F)c2)CCCC1(C)C. The van der Waals surface area contributed by atoms with Gasteiger partial charge in [0.1, 0.15) is 0 Å². The van der Waals surface area contributed by atoms with E-state index in [2.05, 4.69) is 26.1 Å². The van der Waals surface area contributed by atoms with Crippen molar-refractivity contribution in [2.75, 3.05) is 6.54 Å². The Bertz CT molecular complexity index is 462. The Morgan fingerprint density at radius 3 is 2.70 bits per heavy atom. The largest absolute Gasteiger partial charge is 0.313 e. The van der Waals surface area contributed by atoms with E-state index in [0.29, 0.717) is 11.3 Å². The van der Waals surface area contributed by atoms with Crippen LogP contribution in [0.4, 0.5) is 8.78 Å². The summed E-state index contributed by atoms with van der Waals surface area (Å²) in [5.41, 5.74) is 0.241. The molecule has 1 aliphatic rings. The van der Waals surface area contributed by atoms with E-state index in [1.807, 2.05) is 0 Å². The summed E-state index contributed by atoms with van der Waals surface area (Å²) in [6.45, 7) is 7.63. The molecule has 4 heteroatoms. The summed E-state index contributed by atoms with van der Waals surface area (Å²) in [6.07, 6.45) is 3.51. The third kappa shape index (κ3) is 3.53. The lowest BCUT2D eigenvalue weighted by Crippen LogP contribution is -2.51. The summed E-state index contributed by atoms with van der Waals surface area (Å²) >= 11 is 1.67. The summed E-state index contributed by atoms with van der Waals surface area (Å²) < 4.78 is 26.3. The van der Waals surface area contributed by atoms with Gasteiger partial charge in [0, 0.05) is 16.2 Å². The molecule has 0 saturated heterocycles. The Labute approximate surface area is 124 Å². The van der Waals surface area contributed by atoms with Crippen molar-refractivity contribution < 1.29 is 8.78 Å². The zero-order valence-corrected chi connectivity index (χ0v) is 13.2.